The van der Waals surface area contributed by atoms with E-state index in [2.05, 4.69) is 4.72 Å². The molecule has 0 fully saturated rings. The Bertz CT molecular complexity index is 698. The number of benzene rings is 1. The van der Waals surface area contributed by atoms with Gasteiger partial charge in [0.2, 0.25) is 0 Å². The molecule has 8 heteroatoms. The van der Waals surface area contributed by atoms with Gasteiger partial charge in [-0.1, -0.05) is 29.3 Å². The summed E-state index contributed by atoms with van der Waals surface area (Å²) >= 11 is 13.1. The average Bonchev–Trinajstić information content (AvgIpc) is 2.84. The Morgan fingerprint density at radius 3 is 2.68 bits per heavy atom. The number of hydrogen-bond acceptors (Lipinski definition) is 4. The third-order valence-electron chi connectivity index (χ3n) is 2.34. The maximum absolute atomic E-state index is 12.1. The summed E-state index contributed by atoms with van der Waals surface area (Å²) in [5.74, 6) is 0. The van der Waals surface area contributed by atoms with Crippen LogP contribution in [-0.4, -0.2) is 8.42 Å². The van der Waals surface area contributed by atoms with Crippen LogP contribution in [0.4, 0.5) is 5.69 Å². The van der Waals surface area contributed by atoms with Gasteiger partial charge in [-0.2, -0.15) is 0 Å². The fourth-order valence-corrected chi connectivity index (χ4v) is 4.03. The van der Waals surface area contributed by atoms with E-state index in [0.29, 0.717) is 6.54 Å². The highest BCUT2D eigenvalue weighted by atomic mass is 35.5. The van der Waals surface area contributed by atoms with Gasteiger partial charge in [-0.25, -0.2) is 8.42 Å². The van der Waals surface area contributed by atoms with Gasteiger partial charge in [-0.15, -0.1) is 11.3 Å². The van der Waals surface area contributed by atoms with E-state index in [9.17, 15) is 8.42 Å². The van der Waals surface area contributed by atoms with Crippen molar-refractivity contribution in [1.82, 2.24) is 0 Å². The number of sulfonamides is 1. The number of nitrogens with one attached hydrogen (secondary N) is 1. The molecule has 1 aromatic heterocycles. The van der Waals surface area contributed by atoms with Crippen molar-refractivity contribution in [3.05, 3.63) is 44.6 Å². The smallest absolute Gasteiger partial charge is 0.262 e. The third-order valence-corrected chi connectivity index (χ3v) is 5.61. The Morgan fingerprint density at radius 1 is 1.32 bits per heavy atom. The first-order chi connectivity index (χ1) is 8.94. The number of anilines is 1. The van der Waals surface area contributed by atoms with Crippen molar-refractivity contribution >= 4 is 50.2 Å². The Balaban J connectivity index is 2.33. The molecule has 0 spiro atoms. The van der Waals surface area contributed by atoms with Crippen LogP contribution in [0.3, 0.4) is 0 Å². The van der Waals surface area contributed by atoms with Gasteiger partial charge in [0.15, 0.2) is 0 Å². The first kappa shape index (κ1) is 14.6. The summed E-state index contributed by atoms with van der Waals surface area (Å²) < 4.78 is 26.7. The van der Waals surface area contributed by atoms with Crippen molar-refractivity contribution in [1.29, 1.82) is 0 Å². The minimum Gasteiger partial charge on any atom is -0.326 e. The van der Waals surface area contributed by atoms with E-state index in [4.69, 9.17) is 28.9 Å². The molecule has 0 aliphatic rings. The number of thiophene rings is 1. The molecular weight excluding hydrogens is 327 g/mol. The normalized spacial score (nSPS) is 11.5. The lowest BCUT2D eigenvalue weighted by molar-refractivity contribution is 0.601. The Hall–Kier alpha value is -0.790. The van der Waals surface area contributed by atoms with Crippen LogP contribution in [0.2, 0.25) is 10.0 Å². The van der Waals surface area contributed by atoms with Gasteiger partial charge in [-0.3, -0.25) is 4.72 Å². The predicted octanol–water partition coefficient (Wildman–Crippen LogP) is 3.31. The van der Waals surface area contributed by atoms with Gasteiger partial charge in [0.25, 0.3) is 10.0 Å². The highest BCUT2D eigenvalue weighted by molar-refractivity contribution is 7.92. The minimum atomic E-state index is -3.68. The molecule has 2 rings (SSSR count). The monoisotopic (exact) mass is 336 g/mol. The molecule has 0 aliphatic carbocycles. The molecule has 0 saturated heterocycles. The number of rotatable bonds is 4. The minimum absolute atomic E-state index is 0.161. The molecule has 4 nitrogen and oxygen atoms in total. The molecule has 0 radical (unpaired) electrons. The van der Waals surface area contributed by atoms with Crippen LogP contribution < -0.4 is 10.5 Å². The molecule has 0 aliphatic heterocycles. The van der Waals surface area contributed by atoms with E-state index in [1.54, 1.807) is 18.2 Å². The molecule has 0 saturated carbocycles. The summed E-state index contributed by atoms with van der Waals surface area (Å²) in [4.78, 5) is 0.951. The lowest BCUT2D eigenvalue weighted by atomic mass is 10.3. The van der Waals surface area contributed by atoms with E-state index >= 15 is 0 Å². The average molecular weight is 337 g/mol. The third kappa shape index (κ3) is 3.21. The number of hydrogen-bond donors (Lipinski definition) is 2. The SMILES string of the molecule is NCc1cc(S(=O)(=O)Nc2cccc(Cl)c2Cl)cs1. The molecule has 3 N–H and O–H groups in total. The van der Waals surface area contributed by atoms with Gasteiger partial charge in [0, 0.05) is 16.8 Å². The van der Waals surface area contributed by atoms with Crippen LogP contribution in [0, 0.1) is 0 Å². The second kappa shape index (κ2) is 5.68. The zero-order chi connectivity index (χ0) is 14.0. The van der Waals surface area contributed by atoms with E-state index in [0.717, 1.165) is 4.88 Å². The van der Waals surface area contributed by atoms with Crippen LogP contribution in [0.25, 0.3) is 0 Å². The number of halogens is 2. The van der Waals surface area contributed by atoms with Crippen LogP contribution >= 0.6 is 34.5 Å². The quantitative estimate of drug-likeness (QED) is 0.899. The van der Waals surface area contributed by atoms with E-state index in [1.807, 2.05) is 0 Å². The first-order valence-electron chi connectivity index (χ1n) is 5.18. The molecule has 2 aromatic rings. The topological polar surface area (TPSA) is 72.2 Å². The van der Waals surface area contributed by atoms with Crippen molar-refractivity contribution in [3.63, 3.8) is 0 Å². The zero-order valence-corrected chi connectivity index (χ0v) is 12.7. The highest BCUT2D eigenvalue weighted by Crippen LogP contribution is 2.31. The molecule has 1 aromatic carbocycles. The predicted molar refractivity (Wildman–Crippen MR) is 79.5 cm³/mol. The Labute approximate surface area is 125 Å². The van der Waals surface area contributed by atoms with E-state index < -0.39 is 10.0 Å². The fraction of sp³-hybridized carbons (Fsp3) is 0.0909. The maximum atomic E-state index is 12.1. The van der Waals surface area contributed by atoms with Crippen LogP contribution in [0.1, 0.15) is 4.88 Å². The van der Waals surface area contributed by atoms with Crippen molar-refractivity contribution < 1.29 is 8.42 Å². The largest absolute Gasteiger partial charge is 0.326 e. The summed E-state index contributed by atoms with van der Waals surface area (Å²) in [6.45, 7) is 0.304. The van der Waals surface area contributed by atoms with Crippen molar-refractivity contribution in [2.75, 3.05) is 4.72 Å². The van der Waals surface area contributed by atoms with Gasteiger partial charge >= 0.3 is 0 Å². The maximum Gasteiger partial charge on any atom is 0.262 e. The fourth-order valence-electron chi connectivity index (χ4n) is 1.39. The lowest BCUT2D eigenvalue weighted by Gasteiger charge is -2.08. The second-order valence-corrected chi connectivity index (χ2v) is 7.12. The Morgan fingerprint density at radius 2 is 2.05 bits per heavy atom. The lowest BCUT2D eigenvalue weighted by Crippen LogP contribution is -2.12. The Kier molecular flexibility index (Phi) is 4.37. The van der Waals surface area contributed by atoms with E-state index in [1.165, 1.54) is 22.8 Å². The van der Waals surface area contributed by atoms with Gasteiger partial charge in [-0.05, 0) is 18.2 Å². The van der Waals surface area contributed by atoms with Crippen molar-refractivity contribution in [2.24, 2.45) is 5.73 Å². The molecule has 19 heavy (non-hydrogen) atoms. The molecule has 1 heterocycles. The van der Waals surface area contributed by atoms with Crippen molar-refractivity contribution in [2.45, 2.75) is 11.4 Å². The molecular formula is C11H10Cl2N2O2S2. The van der Waals surface area contributed by atoms with Gasteiger partial charge in [0.1, 0.15) is 0 Å². The number of nitrogens with two attached hydrogens (primary N) is 1. The highest BCUT2D eigenvalue weighted by Gasteiger charge is 2.18. The molecule has 0 unspecified atom stereocenters. The second-order valence-electron chi connectivity index (χ2n) is 3.66. The first-order valence-corrected chi connectivity index (χ1v) is 8.30. The van der Waals surface area contributed by atoms with E-state index in [-0.39, 0.29) is 20.6 Å². The summed E-state index contributed by atoms with van der Waals surface area (Å²) in [7, 11) is -3.68. The van der Waals surface area contributed by atoms with Crippen LogP contribution in [-0.2, 0) is 16.6 Å². The standard InChI is InChI=1S/C11H10Cl2N2O2S2/c12-9-2-1-3-10(11(9)13)15-19(16,17)8-4-7(5-14)18-6-8/h1-4,6,15H,5,14H2. The molecule has 0 bridgehead atoms. The molecule has 0 atom stereocenters. The zero-order valence-electron chi connectivity index (χ0n) is 9.56. The summed E-state index contributed by atoms with van der Waals surface area (Å²) in [5, 5.41) is 1.99. The van der Waals surface area contributed by atoms with Gasteiger partial charge in [0.05, 0.1) is 20.6 Å². The van der Waals surface area contributed by atoms with Crippen molar-refractivity contribution in [3.8, 4) is 0 Å². The molecule has 0 amide bonds. The summed E-state index contributed by atoms with van der Waals surface area (Å²) in [6, 6.07) is 6.28. The molecule has 102 valence electrons. The van der Waals surface area contributed by atoms with Gasteiger partial charge < -0.3 is 5.73 Å². The van der Waals surface area contributed by atoms with Crippen LogP contribution in [0.15, 0.2) is 34.5 Å². The van der Waals surface area contributed by atoms with Crippen LogP contribution in [0.5, 0.6) is 0 Å². The summed E-state index contributed by atoms with van der Waals surface area (Å²) in [6.07, 6.45) is 0. The summed E-state index contributed by atoms with van der Waals surface area (Å²) in [5.41, 5.74) is 5.70.